The number of rotatable bonds is 4. The van der Waals surface area contributed by atoms with Gasteiger partial charge in [0.1, 0.15) is 0 Å². The standard InChI is InChI=1S/C14H22N2/c1-12-6-7-16(10-12)11-14-5-3-4-13(8-14)9-15-2/h3-5,8,12,15H,6-7,9-11H2,1-2H3. The number of nitrogens with one attached hydrogen (secondary N) is 1. The first-order valence-corrected chi connectivity index (χ1v) is 6.22. The molecule has 1 unspecified atom stereocenters. The highest BCUT2D eigenvalue weighted by Crippen LogP contribution is 2.18. The lowest BCUT2D eigenvalue weighted by atomic mass is 10.1. The Bertz CT molecular complexity index is 335. The third-order valence-corrected chi connectivity index (χ3v) is 3.29. The minimum Gasteiger partial charge on any atom is -0.316 e. The van der Waals surface area contributed by atoms with Crippen molar-refractivity contribution in [2.24, 2.45) is 5.92 Å². The number of benzene rings is 1. The summed E-state index contributed by atoms with van der Waals surface area (Å²) in [6.45, 7) is 6.94. The highest BCUT2D eigenvalue weighted by atomic mass is 15.1. The van der Waals surface area contributed by atoms with Crippen molar-refractivity contribution in [3.63, 3.8) is 0 Å². The maximum Gasteiger partial charge on any atom is 0.0233 e. The van der Waals surface area contributed by atoms with Gasteiger partial charge < -0.3 is 5.32 Å². The van der Waals surface area contributed by atoms with Gasteiger partial charge in [-0.15, -0.1) is 0 Å². The fraction of sp³-hybridized carbons (Fsp3) is 0.571. The second kappa shape index (κ2) is 5.46. The zero-order chi connectivity index (χ0) is 11.4. The molecule has 0 saturated carbocycles. The van der Waals surface area contributed by atoms with Crippen LogP contribution in [-0.2, 0) is 13.1 Å². The van der Waals surface area contributed by atoms with E-state index in [2.05, 4.69) is 41.4 Å². The lowest BCUT2D eigenvalue weighted by Crippen LogP contribution is -2.19. The zero-order valence-electron chi connectivity index (χ0n) is 10.4. The van der Waals surface area contributed by atoms with Crippen LogP contribution in [0.3, 0.4) is 0 Å². The smallest absolute Gasteiger partial charge is 0.0233 e. The van der Waals surface area contributed by atoms with Crippen LogP contribution in [0, 0.1) is 5.92 Å². The Hall–Kier alpha value is -0.860. The number of nitrogens with zero attached hydrogens (tertiary/aromatic N) is 1. The largest absolute Gasteiger partial charge is 0.316 e. The molecule has 88 valence electrons. The summed E-state index contributed by atoms with van der Waals surface area (Å²) in [5, 5.41) is 3.20. The molecule has 16 heavy (non-hydrogen) atoms. The molecule has 1 aromatic rings. The van der Waals surface area contributed by atoms with Crippen LogP contribution in [0.5, 0.6) is 0 Å². The average Bonchev–Trinajstić information content (AvgIpc) is 2.65. The van der Waals surface area contributed by atoms with E-state index in [9.17, 15) is 0 Å². The molecule has 0 aromatic heterocycles. The fourth-order valence-electron chi connectivity index (χ4n) is 2.47. The second-order valence-corrected chi connectivity index (χ2v) is 4.98. The summed E-state index contributed by atoms with van der Waals surface area (Å²) in [5.41, 5.74) is 2.83. The Labute approximate surface area is 98.7 Å². The van der Waals surface area contributed by atoms with Crippen LogP contribution in [0.25, 0.3) is 0 Å². The van der Waals surface area contributed by atoms with Crippen molar-refractivity contribution < 1.29 is 0 Å². The van der Waals surface area contributed by atoms with Crippen LogP contribution in [0.2, 0.25) is 0 Å². The van der Waals surface area contributed by atoms with Gasteiger partial charge in [0, 0.05) is 19.6 Å². The van der Waals surface area contributed by atoms with Crippen LogP contribution in [0.4, 0.5) is 0 Å². The summed E-state index contributed by atoms with van der Waals surface area (Å²) in [4.78, 5) is 2.56. The monoisotopic (exact) mass is 218 g/mol. The van der Waals surface area contributed by atoms with Crippen molar-refractivity contribution in [2.75, 3.05) is 20.1 Å². The van der Waals surface area contributed by atoms with Gasteiger partial charge in [-0.25, -0.2) is 0 Å². The molecule has 1 N–H and O–H groups in total. The van der Waals surface area contributed by atoms with Crippen molar-refractivity contribution in [1.82, 2.24) is 10.2 Å². The van der Waals surface area contributed by atoms with E-state index in [1.807, 2.05) is 7.05 Å². The lowest BCUT2D eigenvalue weighted by Gasteiger charge is -2.15. The predicted octanol–water partition coefficient (Wildman–Crippen LogP) is 2.25. The van der Waals surface area contributed by atoms with Crippen molar-refractivity contribution in [2.45, 2.75) is 26.4 Å². The molecule has 1 heterocycles. The van der Waals surface area contributed by atoms with Gasteiger partial charge in [0.2, 0.25) is 0 Å². The van der Waals surface area contributed by atoms with Crippen molar-refractivity contribution >= 4 is 0 Å². The first-order valence-electron chi connectivity index (χ1n) is 6.22. The van der Waals surface area contributed by atoms with E-state index in [1.54, 1.807) is 0 Å². The van der Waals surface area contributed by atoms with Gasteiger partial charge >= 0.3 is 0 Å². The van der Waals surface area contributed by atoms with Crippen molar-refractivity contribution in [1.29, 1.82) is 0 Å². The van der Waals surface area contributed by atoms with Gasteiger partial charge in [0.15, 0.2) is 0 Å². The maximum absolute atomic E-state index is 3.20. The summed E-state index contributed by atoms with van der Waals surface area (Å²) in [5.74, 6) is 0.875. The molecule has 2 rings (SSSR count). The summed E-state index contributed by atoms with van der Waals surface area (Å²) in [6, 6.07) is 8.91. The molecule has 0 radical (unpaired) electrons. The Morgan fingerprint density at radius 2 is 2.19 bits per heavy atom. The van der Waals surface area contributed by atoms with Gasteiger partial charge in [-0.2, -0.15) is 0 Å². The summed E-state index contributed by atoms with van der Waals surface area (Å²) in [6.07, 6.45) is 1.36. The maximum atomic E-state index is 3.20. The normalized spacial score (nSPS) is 21.5. The van der Waals surface area contributed by atoms with Crippen molar-refractivity contribution in [3.8, 4) is 0 Å². The van der Waals surface area contributed by atoms with Crippen LogP contribution in [0.15, 0.2) is 24.3 Å². The van der Waals surface area contributed by atoms with Crippen LogP contribution in [-0.4, -0.2) is 25.0 Å². The fourth-order valence-corrected chi connectivity index (χ4v) is 2.47. The number of hydrogen-bond donors (Lipinski definition) is 1. The minimum atomic E-state index is 0.875. The van der Waals surface area contributed by atoms with Crippen LogP contribution in [0.1, 0.15) is 24.5 Å². The molecule has 1 aliphatic heterocycles. The Morgan fingerprint density at radius 3 is 2.88 bits per heavy atom. The molecule has 0 bridgehead atoms. The van der Waals surface area contributed by atoms with Crippen LogP contribution < -0.4 is 5.32 Å². The zero-order valence-corrected chi connectivity index (χ0v) is 10.4. The van der Waals surface area contributed by atoms with E-state index in [0.717, 1.165) is 19.0 Å². The SMILES string of the molecule is CNCc1cccc(CN2CCC(C)C2)c1. The minimum absolute atomic E-state index is 0.875. The molecule has 1 aliphatic rings. The van der Waals surface area contributed by atoms with E-state index in [-0.39, 0.29) is 0 Å². The first kappa shape index (κ1) is 11.6. The third kappa shape index (κ3) is 3.06. The summed E-state index contributed by atoms with van der Waals surface area (Å²) >= 11 is 0. The topological polar surface area (TPSA) is 15.3 Å². The van der Waals surface area contributed by atoms with Gasteiger partial charge in [0.05, 0.1) is 0 Å². The van der Waals surface area contributed by atoms with Gasteiger partial charge in [-0.1, -0.05) is 31.2 Å². The third-order valence-electron chi connectivity index (χ3n) is 3.29. The molecule has 2 nitrogen and oxygen atoms in total. The molecule has 1 saturated heterocycles. The average molecular weight is 218 g/mol. The molecule has 0 aliphatic carbocycles. The second-order valence-electron chi connectivity index (χ2n) is 4.98. The van der Waals surface area contributed by atoms with E-state index < -0.39 is 0 Å². The number of hydrogen-bond acceptors (Lipinski definition) is 2. The van der Waals surface area contributed by atoms with Gasteiger partial charge in [-0.05, 0) is 37.1 Å². The van der Waals surface area contributed by atoms with E-state index in [0.29, 0.717) is 0 Å². The summed E-state index contributed by atoms with van der Waals surface area (Å²) in [7, 11) is 1.99. The van der Waals surface area contributed by atoms with Crippen LogP contribution >= 0.6 is 0 Å². The van der Waals surface area contributed by atoms with Gasteiger partial charge in [-0.3, -0.25) is 4.90 Å². The molecule has 1 aromatic carbocycles. The van der Waals surface area contributed by atoms with E-state index in [4.69, 9.17) is 0 Å². The highest BCUT2D eigenvalue weighted by Gasteiger charge is 2.18. The molecule has 1 fully saturated rings. The van der Waals surface area contributed by atoms with E-state index in [1.165, 1.54) is 30.6 Å². The Kier molecular flexibility index (Phi) is 3.97. The van der Waals surface area contributed by atoms with Gasteiger partial charge in [0.25, 0.3) is 0 Å². The molecular formula is C14H22N2. The molecule has 2 heteroatoms. The van der Waals surface area contributed by atoms with Crippen molar-refractivity contribution in [3.05, 3.63) is 35.4 Å². The lowest BCUT2D eigenvalue weighted by molar-refractivity contribution is 0.320. The Balaban J connectivity index is 1.95. The quantitative estimate of drug-likeness (QED) is 0.834. The van der Waals surface area contributed by atoms with E-state index >= 15 is 0 Å². The molecule has 0 amide bonds. The molecule has 0 spiro atoms. The number of likely N-dealkylation sites (tertiary alicyclic amines) is 1. The molecule has 1 atom stereocenters. The first-order chi connectivity index (χ1) is 7.78. The Morgan fingerprint density at radius 1 is 1.38 bits per heavy atom. The summed E-state index contributed by atoms with van der Waals surface area (Å²) < 4.78 is 0. The predicted molar refractivity (Wildman–Crippen MR) is 68.3 cm³/mol. The molecular weight excluding hydrogens is 196 g/mol. The highest BCUT2D eigenvalue weighted by molar-refractivity contribution is 5.23.